The first kappa shape index (κ1) is 17.1. The molecule has 1 aliphatic rings. The number of benzene rings is 1. The van der Waals surface area contributed by atoms with Gasteiger partial charge in [-0.1, -0.05) is 49.0 Å². The quantitative estimate of drug-likeness (QED) is 0.845. The minimum absolute atomic E-state index is 0.0877. The smallest absolute Gasteiger partial charge is 0.341 e. The fourth-order valence-electron chi connectivity index (χ4n) is 2.68. The second-order valence-electron chi connectivity index (χ2n) is 5.61. The molecule has 0 saturated heterocycles. The molecular weight excluding hydrogens is 325 g/mol. The molecule has 6 heteroatoms. The molecule has 0 aromatic heterocycles. The van der Waals surface area contributed by atoms with Crippen molar-refractivity contribution in [1.82, 2.24) is 5.32 Å². The van der Waals surface area contributed by atoms with Crippen LogP contribution in [0.1, 0.15) is 43.0 Å². The topological polar surface area (TPSA) is 55.4 Å². The number of halogens is 2. The van der Waals surface area contributed by atoms with Gasteiger partial charge in [-0.2, -0.15) is 0 Å². The molecular formula is C16H19Cl2NO3. The third-order valence-electron chi connectivity index (χ3n) is 3.96. The van der Waals surface area contributed by atoms with E-state index in [0.29, 0.717) is 5.92 Å². The van der Waals surface area contributed by atoms with Gasteiger partial charge in [-0.15, -0.1) is 0 Å². The van der Waals surface area contributed by atoms with Crippen molar-refractivity contribution in [1.29, 1.82) is 0 Å². The summed E-state index contributed by atoms with van der Waals surface area (Å²) in [6, 6.07) is 4.89. The minimum atomic E-state index is -0.692. The standard InChI is InChI=1S/C16H19Cl2NO3/c1-10-5-2-3-8-13(10)19-14(20)9-22-16(21)15-11(17)6-4-7-12(15)18/h4,6-7,10,13H,2-3,5,8-9H2,1H3,(H,19,20). The molecule has 0 heterocycles. The van der Waals surface area contributed by atoms with Crippen LogP contribution in [0.3, 0.4) is 0 Å². The molecule has 1 aliphatic carbocycles. The number of carbonyl (C=O) groups excluding carboxylic acids is 2. The van der Waals surface area contributed by atoms with Crippen LogP contribution in [0.15, 0.2) is 18.2 Å². The lowest BCUT2D eigenvalue weighted by Gasteiger charge is -2.29. The fourth-order valence-corrected chi connectivity index (χ4v) is 3.23. The summed E-state index contributed by atoms with van der Waals surface area (Å²) < 4.78 is 5.01. The summed E-state index contributed by atoms with van der Waals surface area (Å²) in [4.78, 5) is 23.9. The maximum absolute atomic E-state index is 12.0. The zero-order valence-electron chi connectivity index (χ0n) is 12.4. The first-order chi connectivity index (χ1) is 10.5. The van der Waals surface area contributed by atoms with E-state index in [1.807, 2.05) is 0 Å². The summed E-state index contributed by atoms with van der Waals surface area (Å²) >= 11 is 11.9. The molecule has 120 valence electrons. The summed E-state index contributed by atoms with van der Waals surface area (Å²) in [6.07, 6.45) is 4.40. The molecule has 2 rings (SSSR count). The maximum Gasteiger partial charge on any atom is 0.341 e. The molecule has 1 saturated carbocycles. The van der Waals surface area contributed by atoms with E-state index in [9.17, 15) is 9.59 Å². The van der Waals surface area contributed by atoms with Gasteiger partial charge in [0.15, 0.2) is 6.61 Å². The highest BCUT2D eigenvalue weighted by molar-refractivity contribution is 6.39. The Morgan fingerprint density at radius 2 is 1.86 bits per heavy atom. The maximum atomic E-state index is 12.0. The van der Waals surface area contributed by atoms with Gasteiger partial charge in [-0.25, -0.2) is 4.79 Å². The largest absolute Gasteiger partial charge is 0.452 e. The molecule has 2 atom stereocenters. The van der Waals surface area contributed by atoms with Gasteiger partial charge in [0.2, 0.25) is 0 Å². The number of hydrogen-bond acceptors (Lipinski definition) is 3. The van der Waals surface area contributed by atoms with Gasteiger partial charge in [0.05, 0.1) is 15.6 Å². The van der Waals surface area contributed by atoms with E-state index < -0.39 is 5.97 Å². The molecule has 22 heavy (non-hydrogen) atoms. The zero-order chi connectivity index (χ0) is 16.1. The van der Waals surface area contributed by atoms with E-state index >= 15 is 0 Å². The van der Waals surface area contributed by atoms with Crippen molar-refractivity contribution in [3.8, 4) is 0 Å². The number of ether oxygens (including phenoxy) is 1. The Bertz CT molecular complexity index is 542. The van der Waals surface area contributed by atoms with Crippen LogP contribution in [0.5, 0.6) is 0 Å². The Labute approximate surface area is 140 Å². The number of carbonyl (C=O) groups is 2. The summed E-state index contributed by atoms with van der Waals surface area (Å²) in [5.74, 6) is -0.538. The molecule has 1 fully saturated rings. The number of amides is 1. The Balaban J connectivity index is 1.87. The third kappa shape index (κ3) is 4.37. The summed E-state index contributed by atoms with van der Waals surface area (Å²) in [6.45, 7) is 1.79. The Kier molecular flexibility index (Phi) is 6.09. The van der Waals surface area contributed by atoms with Crippen molar-refractivity contribution in [2.75, 3.05) is 6.61 Å². The molecule has 0 bridgehead atoms. The van der Waals surface area contributed by atoms with Gasteiger partial charge in [0.25, 0.3) is 5.91 Å². The van der Waals surface area contributed by atoms with E-state index in [0.717, 1.165) is 19.3 Å². The predicted octanol–water partition coefficient (Wildman–Crippen LogP) is 3.85. The monoisotopic (exact) mass is 343 g/mol. The number of nitrogens with one attached hydrogen (secondary N) is 1. The summed E-state index contributed by atoms with van der Waals surface area (Å²) in [5, 5.41) is 3.34. The van der Waals surface area contributed by atoms with Crippen molar-refractivity contribution in [3.63, 3.8) is 0 Å². The number of rotatable bonds is 4. The van der Waals surface area contributed by atoms with Crippen molar-refractivity contribution >= 4 is 35.1 Å². The van der Waals surface area contributed by atoms with E-state index in [-0.39, 0.29) is 34.2 Å². The zero-order valence-corrected chi connectivity index (χ0v) is 13.9. The van der Waals surface area contributed by atoms with Crippen LogP contribution >= 0.6 is 23.2 Å². The van der Waals surface area contributed by atoms with E-state index in [1.165, 1.54) is 6.42 Å². The van der Waals surface area contributed by atoms with Crippen LogP contribution in [0.25, 0.3) is 0 Å². The van der Waals surface area contributed by atoms with Crippen molar-refractivity contribution < 1.29 is 14.3 Å². The Hall–Kier alpha value is -1.26. The lowest BCUT2D eigenvalue weighted by Crippen LogP contribution is -2.42. The predicted molar refractivity (Wildman–Crippen MR) is 86.3 cm³/mol. The second kappa shape index (κ2) is 7.84. The number of hydrogen-bond donors (Lipinski definition) is 1. The van der Waals surface area contributed by atoms with Crippen LogP contribution < -0.4 is 5.32 Å². The van der Waals surface area contributed by atoms with Crippen molar-refractivity contribution in [2.24, 2.45) is 5.92 Å². The van der Waals surface area contributed by atoms with E-state index in [2.05, 4.69) is 12.2 Å². The highest BCUT2D eigenvalue weighted by Crippen LogP contribution is 2.25. The van der Waals surface area contributed by atoms with Crippen molar-refractivity contribution in [3.05, 3.63) is 33.8 Å². The molecule has 1 amide bonds. The molecule has 0 radical (unpaired) electrons. The first-order valence-electron chi connectivity index (χ1n) is 7.39. The minimum Gasteiger partial charge on any atom is -0.452 e. The van der Waals surface area contributed by atoms with Gasteiger partial charge in [-0.05, 0) is 30.9 Å². The first-order valence-corrected chi connectivity index (χ1v) is 8.15. The molecule has 1 aromatic rings. The second-order valence-corrected chi connectivity index (χ2v) is 6.42. The summed E-state index contributed by atoms with van der Waals surface area (Å²) in [5.41, 5.74) is 0.0877. The van der Waals surface area contributed by atoms with Crippen molar-refractivity contribution in [2.45, 2.75) is 38.6 Å². The highest BCUT2D eigenvalue weighted by Gasteiger charge is 2.23. The third-order valence-corrected chi connectivity index (χ3v) is 4.59. The van der Waals surface area contributed by atoms with Gasteiger partial charge in [0.1, 0.15) is 0 Å². The van der Waals surface area contributed by atoms with Gasteiger partial charge >= 0.3 is 5.97 Å². The molecule has 1 aromatic carbocycles. The van der Waals surface area contributed by atoms with Crippen LogP contribution in [-0.4, -0.2) is 24.5 Å². The Morgan fingerprint density at radius 1 is 1.23 bits per heavy atom. The molecule has 2 unspecified atom stereocenters. The van der Waals surface area contributed by atoms with Gasteiger partial charge in [-0.3, -0.25) is 4.79 Å². The van der Waals surface area contributed by atoms with E-state index in [1.54, 1.807) is 18.2 Å². The lowest BCUT2D eigenvalue weighted by atomic mass is 9.86. The average molecular weight is 344 g/mol. The number of esters is 1. The molecule has 0 aliphatic heterocycles. The van der Waals surface area contributed by atoms with Crippen LogP contribution in [0.4, 0.5) is 0 Å². The van der Waals surface area contributed by atoms with Crippen LogP contribution in [0, 0.1) is 5.92 Å². The SMILES string of the molecule is CC1CCCCC1NC(=O)COC(=O)c1c(Cl)cccc1Cl. The molecule has 1 N–H and O–H groups in total. The fraction of sp³-hybridized carbons (Fsp3) is 0.500. The van der Waals surface area contributed by atoms with Gasteiger partial charge in [0, 0.05) is 6.04 Å². The summed E-state index contributed by atoms with van der Waals surface area (Å²) in [7, 11) is 0. The normalized spacial score (nSPS) is 21.2. The molecule has 4 nitrogen and oxygen atoms in total. The lowest BCUT2D eigenvalue weighted by molar-refractivity contribution is -0.125. The average Bonchev–Trinajstić information content (AvgIpc) is 2.47. The Morgan fingerprint density at radius 3 is 2.50 bits per heavy atom. The van der Waals surface area contributed by atoms with E-state index in [4.69, 9.17) is 27.9 Å². The molecule has 0 spiro atoms. The van der Waals surface area contributed by atoms with Crippen LogP contribution in [-0.2, 0) is 9.53 Å². The van der Waals surface area contributed by atoms with Gasteiger partial charge < -0.3 is 10.1 Å². The highest BCUT2D eigenvalue weighted by atomic mass is 35.5. The van der Waals surface area contributed by atoms with Crippen LogP contribution in [0.2, 0.25) is 10.0 Å².